The Morgan fingerprint density at radius 1 is 1.33 bits per heavy atom. The lowest BCUT2D eigenvalue weighted by molar-refractivity contribution is -0.0905. The van der Waals surface area contributed by atoms with Gasteiger partial charge in [-0.25, -0.2) is 4.79 Å². The number of fused-ring (bicyclic) bond motifs is 1. The average molecular weight is 212 g/mol. The molecule has 0 saturated carbocycles. The number of carbonyl (C=O) groups is 1. The van der Waals surface area contributed by atoms with Gasteiger partial charge < -0.3 is 9.15 Å². The minimum absolute atomic E-state index is 0.00204. The zero-order valence-corrected chi connectivity index (χ0v) is 7.44. The lowest BCUT2D eigenvalue weighted by atomic mass is 10.1. The van der Waals surface area contributed by atoms with Gasteiger partial charge in [-0.15, -0.1) is 0 Å². The van der Waals surface area contributed by atoms with Crippen LogP contribution in [-0.4, -0.2) is 12.6 Å². The molecular formula is C10H6F2O3. The standard InChI is InChI=1S/C10H6F2O3/c11-10(12)15-9(13)7-3-1-2-6-4-5-14-8(6)7/h1-5,10H. The number of ether oxygens (including phenoxy) is 1. The van der Waals surface area contributed by atoms with Gasteiger partial charge in [0.05, 0.1) is 6.26 Å². The van der Waals surface area contributed by atoms with Crippen LogP contribution in [0.25, 0.3) is 11.0 Å². The van der Waals surface area contributed by atoms with Gasteiger partial charge >= 0.3 is 12.6 Å². The number of benzene rings is 1. The quantitative estimate of drug-likeness (QED) is 0.718. The molecule has 0 radical (unpaired) electrons. The Hall–Kier alpha value is -1.91. The van der Waals surface area contributed by atoms with Gasteiger partial charge in [0, 0.05) is 5.39 Å². The molecule has 0 aliphatic rings. The van der Waals surface area contributed by atoms with Crippen molar-refractivity contribution in [3.8, 4) is 0 Å². The second-order valence-electron chi connectivity index (χ2n) is 2.81. The molecule has 1 aromatic carbocycles. The highest BCUT2D eigenvalue weighted by Gasteiger charge is 2.17. The topological polar surface area (TPSA) is 39.4 Å². The number of para-hydroxylation sites is 1. The summed E-state index contributed by atoms with van der Waals surface area (Å²) in [6.45, 7) is -3.12. The van der Waals surface area contributed by atoms with Crippen LogP contribution in [0.1, 0.15) is 10.4 Å². The Balaban J connectivity index is 2.42. The summed E-state index contributed by atoms with van der Waals surface area (Å²) in [5.74, 6) is -1.09. The van der Waals surface area contributed by atoms with Gasteiger partial charge in [-0.1, -0.05) is 12.1 Å². The molecule has 0 atom stereocenters. The molecular weight excluding hydrogens is 206 g/mol. The summed E-state index contributed by atoms with van der Waals surface area (Å²) in [7, 11) is 0. The third kappa shape index (κ3) is 1.81. The Morgan fingerprint density at radius 3 is 2.87 bits per heavy atom. The third-order valence-corrected chi connectivity index (χ3v) is 1.90. The van der Waals surface area contributed by atoms with E-state index in [0.717, 1.165) is 0 Å². The van der Waals surface area contributed by atoms with E-state index >= 15 is 0 Å². The van der Waals surface area contributed by atoms with Crippen molar-refractivity contribution in [3.05, 3.63) is 36.1 Å². The van der Waals surface area contributed by atoms with Crippen LogP contribution < -0.4 is 0 Å². The summed E-state index contributed by atoms with van der Waals surface area (Å²) in [4.78, 5) is 11.2. The van der Waals surface area contributed by atoms with Crippen molar-refractivity contribution in [2.24, 2.45) is 0 Å². The molecule has 0 bridgehead atoms. The molecule has 0 saturated heterocycles. The van der Waals surface area contributed by atoms with E-state index in [1.807, 2.05) is 0 Å². The second-order valence-corrected chi connectivity index (χ2v) is 2.81. The van der Waals surface area contributed by atoms with Crippen LogP contribution in [0.4, 0.5) is 8.78 Å². The highest BCUT2D eigenvalue weighted by molar-refractivity contribution is 6.01. The van der Waals surface area contributed by atoms with Gasteiger partial charge in [-0.3, -0.25) is 0 Å². The fourth-order valence-electron chi connectivity index (χ4n) is 1.30. The first kappa shape index (κ1) is 9.64. The minimum Gasteiger partial charge on any atom is -0.463 e. The lowest BCUT2D eigenvalue weighted by Crippen LogP contribution is -2.09. The zero-order valence-electron chi connectivity index (χ0n) is 7.44. The number of hydrogen-bond acceptors (Lipinski definition) is 3. The molecule has 0 spiro atoms. The fourth-order valence-corrected chi connectivity index (χ4v) is 1.30. The Morgan fingerprint density at radius 2 is 2.13 bits per heavy atom. The van der Waals surface area contributed by atoms with Gasteiger partial charge in [-0.2, -0.15) is 8.78 Å². The monoisotopic (exact) mass is 212 g/mol. The maximum Gasteiger partial charge on any atom is 0.389 e. The molecule has 3 nitrogen and oxygen atoms in total. The number of halogens is 2. The lowest BCUT2D eigenvalue weighted by Gasteiger charge is -2.02. The zero-order chi connectivity index (χ0) is 10.8. The van der Waals surface area contributed by atoms with Crippen molar-refractivity contribution >= 4 is 16.9 Å². The van der Waals surface area contributed by atoms with Gasteiger partial charge in [0.15, 0.2) is 0 Å². The number of esters is 1. The number of hydrogen-bond donors (Lipinski definition) is 0. The predicted octanol–water partition coefficient (Wildman–Crippen LogP) is 2.81. The SMILES string of the molecule is O=C(OC(F)F)c1cccc2ccoc12. The predicted molar refractivity (Wildman–Crippen MR) is 47.6 cm³/mol. The van der Waals surface area contributed by atoms with E-state index in [-0.39, 0.29) is 11.1 Å². The minimum atomic E-state index is -3.12. The highest BCUT2D eigenvalue weighted by Crippen LogP contribution is 2.21. The summed E-state index contributed by atoms with van der Waals surface area (Å²) >= 11 is 0. The van der Waals surface area contributed by atoms with Crippen molar-refractivity contribution in [3.63, 3.8) is 0 Å². The molecule has 15 heavy (non-hydrogen) atoms. The largest absolute Gasteiger partial charge is 0.463 e. The molecule has 1 heterocycles. The van der Waals surface area contributed by atoms with E-state index in [1.54, 1.807) is 18.2 Å². The van der Waals surface area contributed by atoms with Crippen molar-refractivity contribution in [2.75, 3.05) is 0 Å². The van der Waals surface area contributed by atoms with E-state index in [0.29, 0.717) is 5.39 Å². The van der Waals surface area contributed by atoms with Gasteiger partial charge in [0.2, 0.25) is 0 Å². The third-order valence-electron chi connectivity index (χ3n) is 1.90. The first-order chi connectivity index (χ1) is 7.18. The molecule has 0 unspecified atom stereocenters. The molecule has 1 aromatic heterocycles. The van der Waals surface area contributed by atoms with Crippen LogP contribution in [0.15, 0.2) is 34.9 Å². The van der Waals surface area contributed by atoms with Crippen LogP contribution in [0, 0.1) is 0 Å². The van der Waals surface area contributed by atoms with Crippen molar-refractivity contribution < 1.29 is 22.7 Å². The van der Waals surface area contributed by atoms with Gasteiger partial charge in [-0.05, 0) is 12.1 Å². The molecule has 2 rings (SSSR count). The second kappa shape index (κ2) is 3.68. The molecule has 0 N–H and O–H groups in total. The van der Waals surface area contributed by atoms with Crippen LogP contribution in [-0.2, 0) is 4.74 Å². The molecule has 2 aromatic rings. The van der Waals surface area contributed by atoms with Crippen LogP contribution in [0.2, 0.25) is 0 Å². The average Bonchev–Trinajstić information content (AvgIpc) is 2.63. The Labute approximate surface area is 83.2 Å². The van der Waals surface area contributed by atoms with E-state index in [4.69, 9.17) is 4.42 Å². The summed E-state index contributed by atoms with van der Waals surface area (Å²) in [5.41, 5.74) is 0.251. The summed E-state index contributed by atoms with van der Waals surface area (Å²) in [5, 5.41) is 0.665. The number of rotatable bonds is 2. The summed E-state index contributed by atoms with van der Waals surface area (Å²) in [6.07, 6.45) is 1.38. The molecule has 0 amide bonds. The van der Waals surface area contributed by atoms with Gasteiger partial charge in [0.1, 0.15) is 11.1 Å². The highest BCUT2D eigenvalue weighted by atomic mass is 19.3. The molecule has 0 aliphatic heterocycles. The van der Waals surface area contributed by atoms with Crippen LogP contribution in [0.3, 0.4) is 0 Å². The smallest absolute Gasteiger partial charge is 0.389 e. The van der Waals surface area contributed by atoms with Crippen LogP contribution in [0.5, 0.6) is 0 Å². The molecule has 0 fully saturated rings. The molecule has 78 valence electrons. The Bertz CT molecular complexity index is 490. The van der Waals surface area contributed by atoms with Crippen molar-refractivity contribution in [1.29, 1.82) is 0 Å². The first-order valence-electron chi connectivity index (χ1n) is 4.14. The van der Waals surface area contributed by atoms with E-state index in [1.165, 1.54) is 12.3 Å². The normalized spacial score (nSPS) is 10.9. The maximum atomic E-state index is 11.8. The molecule has 5 heteroatoms. The van der Waals surface area contributed by atoms with Crippen LogP contribution >= 0.6 is 0 Å². The van der Waals surface area contributed by atoms with E-state index in [2.05, 4.69) is 4.74 Å². The van der Waals surface area contributed by atoms with E-state index in [9.17, 15) is 13.6 Å². The van der Waals surface area contributed by atoms with E-state index < -0.39 is 12.6 Å². The van der Waals surface area contributed by atoms with Crippen molar-refractivity contribution in [1.82, 2.24) is 0 Å². The summed E-state index contributed by atoms with van der Waals surface area (Å²) < 4.78 is 32.4. The number of alkyl halides is 2. The number of furan rings is 1. The molecule has 0 aliphatic carbocycles. The fraction of sp³-hybridized carbons (Fsp3) is 0.100. The summed E-state index contributed by atoms with van der Waals surface area (Å²) in [6, 6.07) is 6.28. The first-order valence-corrected chi connectivity index (χ1v) is 4.14. The number of carbonyl (C=O) groups excluding carboxylic acids is 1. The van der Waals surface area contributed by atoms with Crippen molar-refractivity contribution in [2.45, 2.75) is 6.61 Å². The Kier molecular flexibility index (Phi) is 2.37. The maximum absolute atomic E-state index is 11.8. The van der Waals surface area contributed by atoms with Gasteiger partial charge in [0.25, 0.3) is 0 Å².